The van der Waals surface area contributed by atoms with Gasteiger partial charge in [-0.3, -0.25) is 19.4 Å². The monoisotopic (exact) mass is 386 g/mol. The zero-order chi connectivity index (χ0) is 20.1. The van der Waals surface area contributed by atoms with Crippen molar-refractivity contribution >= 4 is 17.5 Å². The Morgan fingerprint density at radius 1 is 1.11 bits per heavy atom. The lowest BCUT2D eigenvalue weighted by Gasteiger charge is -2.37. The van der Waals surface area contributed by atoms with Crippen LogP contribution in [0.3, 0.4) is 0 Å². The van der Waals surface area contributed by atoms with Gasteiger partial charge >= 0.3 is 0 Å². The molecule has 1 aliphatic heterocycles. The summed E-state index contributed by atoms with van der Waals surface area (Å²) in [5.74, 6) is 0.169. The van der Waals surface area contributed by atoms with Crippen molar-refractivity contribution in [1.82, 2.24) is 15.1 Å². The summed E-state index contributed by atoms with van der Waals surface area (Å²) in [5.41, 5.74) is 3.18. The van der Waals surface area contributed by atoms with Crippen LogP contribution < -0.4 is 10.6 Å². The molecule has 154 valence electrons. The van der Waals surface area contributed by atoms with Gasteiger partial charge in [-0.2, -0.15) is 0 Å². The van der Waals surface area contributed by atoms with Crippen molar-refractivity contribution in [3.05, 3.63) is 29.3 Å². The number of rotatable bonds is 6. The molecule has 1 aliphatic carbocycles. The number of amides is 2. The molecule has 1 atom stereocenters. The molecule has 1 saturated heterocycles. The highest BCUT2D eigenvalue weighted by molar-refractivity contribution is 5.93. The van der Waals surface area contributed by atoms with Crippen molar-refractivity contribution < 1.29 is 9.59 Å². The van der Waals surface area contributed by atoms with Crippen molar-refractivity contribution in [1.29, 1.82) is 0 Å². The summed E-state index contributed by atoms with van der Waals surface area (Å²) < 4.78 is 0. The Hall–Kier alpha value is -1.92. The van der Waals surface area contributed by atoms with E-state index in [0.717, 1.165) is 50.3 Å². The molecule has 0 bridgehead atoms. The molecule has 0 spiro atoms. The number of nitrogens with one attached hydrogen (secondary N) is 2. The summed E-state index contributed by atoms with van der Waals surface area (Å²) in [6, 6.07) is 6.22. The molecule has 3 rings (SSSR count). The predicted molar refractivity (Wildman–Crippen MR) is 112 cm³/mol. The number of aryl methyl sites for hydroxylation is 1. The highest BCUT2D eigenvalue weighted by atomic mass is 16.2. The van der Waals surface area contributed by atoms with Crippen molar-refractivity contribution in [3.8, 4) is 0 Å². The molecule has 0 aromatic heterocycles. The highest BCUT2D eigenvalue weighted by Gasteiger charge is 2.28. The number of hydrogen-bond donors (Lipinski definition) is 2. The fraction of sp³-hybridized carbons (Fsp3) is 0.636. The molecule has 2 amide bonds. The topological polar surface area (TPSA) is 64.7 Å². The van der Waals surface area contributed by atoms with Crippen LogP contribution in [0.25, 0.3) is 0 Å². The molecular weight excluding hydrogens is 352 g/mol. The van der Waals surface area contributed by atoms with Gasteiger partial charge in [0.2, 0.25) is 11.8 Å². The second-order valence-electron chi connectivity index (χ2n) is 8.27. The minimum atomic E-state index is -0.105. The molecule has 6 nitrogen and oxygen atoms in total. The van der Waals surface area contributed by atoms with Crippen LogP contribution in [0, 0.1) is 13.8 Å². The maximum atomic E-state index is 12.5. The SMILES string of the molecule is Cc1cccc(NC(=O)CN2CCN([C@@H](C)C(=O)NC3CCCC3)CC2)c1C. The molecule has 2 N–H and O–H groups in total. The van der Waals surface area contributed by atoms with Gasteiger partial charge in [0.25, 0.3) is 0 Å². The third-order valence-corrected chi connectivity index (χ3v) is 6.28. The van der Waals surface area contributed by atoms with E-state index in [1.807, 2.05) is 39.0 Å². The first-order chi connectivity index (χ1) is 13.4. The summed E-state index contributed by atoms with van der Waals surface area (Å²) in [6.07, 6.45) is 4.67. The third kappa shape index (κ3) is 5.32. The van der Waals surface area contributed by atoms with E-state index in [9.17, 15) is 9.59 Å². The average Bonchev–Trinajstić information content (AvgIpc) is 3.18. The lowest BCUT2D eigenvalue weighted by atomic mass is 10.1. The molecule has 2 aliphatic rings. The first-order valence-corrected chi connectivity index (χ1v) is 10.6. The van der Waals surface area contributed by atoms with Gasteiger partial charge in [-0.1, -0.05) is 25.0 Å². The Kier molecular flexibility index (Phi) is 7.08. The van der Waals surface area contributed by atoms with E-state index in [1.165, 1.54) is 18.4 Å². The van der Waals surface area contributed by atoms with Gasteiger partial charge in [0, 0.05) is 37.9 Å². The van der Waals surface area contributed by atoms with E-state index in [0.29, 0.717) is 12.6 Å². The maximum absolute atomic E-state index is 12.5. The number of benzene rings is 1. The van der Waals surface area contributed by atoms with Gasteiger partial charge in [-0.05, 0) is 50.8 Å². The van der Waals surface area contributed by atoms with E-state index < -0.39 is 0 Å². The van der Waals surface area contributed by atoms with Crippen molar-refractivity contribution in [2.75, 3.05) is 38.0 Å². The van der Waals surface area contributed by atoms with Crippen LogP contribution in [-0.2, 0) is 9.59 Å². The van der Waals surface area contributed by atoms with E-state index in [1.54, 1.807) is 0 Å². The van der Waals surface area contributed by atoms with Gasteiger partial charge < -0.3 is 10.6 Å². The van der Waals surface area contributed by atoms with E-state index in [4.69, 9.17) is 0 Å². The van der Waals surface area contributed by atoms with E-state index in [-0.39, 0.29) is 17.9 Å². The minimum Gasteiger partial charge on any atom is -0.352 e. The first-order valence-electron chi connectivity index (χ1n) is 10.6. The molecular formula is C22H34N4O2. The van der Waals surface area contributed by atoms with E-state index >= 15 is 0 Å². The van der Waals surface area contributed by atoms with Crippen LogP contribution in [0.1, 0.15) is 43.7 Å². The number of hydrogen-bond acceptors (Lipinski definition) is 4. The molecule has 2 fully saturated rings. The summed E-state index contributed by atoms with van der Waals surface area (Å²) in [5, 5.41) is 6.23. The number of carbonyl (C=O) groups is 2. The molecule has 1 saturated carbocycles. The fourth-order valence-corrected chi connectivity index (χ4v) is 4.15. The van der Waals surface area contributed by atoms with Crippen molar-refractivity contribution in [3.63, 3.8) is 0 Å². The minimum absolute atomic E-state index is 0.0224. The molecule has 1 heterocycles. The second kappa shape index (κ2) is 9.52. The Labute approximate surface area is 168 Å². The largest absolute Gasteiger partial charge is 0.352 e. The lowest BCUT2D eigenvalue weighted by Crippen LogP contribution is -2.55. The highest BCUT2D eigenvalue weighted by Crippen LogP contribution is 2.19. The fourth-order valence-electron chi connectivity index (χ4n) is 4.15. The Morgan fingerprint density at radius 2 is 1.79 bits per heavy atom. The zero-order valence-electron chi connectivity index (χ0n) is 17.5. The molecule has 0 radical (unpaired) electrons. The molecule has 1 aromatic rings. The normalized spacial score (nSPS) is 20.1. The molecule has 1 aromatic carbocycles. The smallest absolute Gasteiger partial charge is 0.238 e. The predicted octanol–water partition coefficient (Wildman–Crippen LogP) is 2.31. The average molecular weight is 387 g/mol. The number of carbonyl (C=O) groups excluding carboxylic acids is 2. The van der Waals surface area contributed by atoms with Gasteiger partial charge in [0.05, 0.1) is 12.6 Å². The molecule has 6 heteroatoms. The van der Waals surface area contributed by atoms with E-state index in [2.05, 4.69) is 20.4 Å². The third-order valence-electron chi connectivity index (χ3n) is 6.28. The Balaban J connectivity index is 1.42. The van der Waals surface area contributed by atoms with Gasteiger partial charge in [-0.15, -0.1) is 0 Å². The maximum Gasteiger partial charge on any atom is 0.238 e. The standard InChI is InChI=1S/C22H34N4O2/c1-16-7-6-10-20(17(16)2)24-21(27)15-25-11-13-26(14-12-25)18(3)22(28)23-19-8-4-5-9-19/h6-7,10,18-19H,4-5,8-9,11-15H2,1-3H3,(H,23,28)(H,24,27)/t18-/m0/s1. The van der Waals surface area contributed by atoms with Crippen LogP contribution in [0.15, 0.2) is 18.2 Å². The summed E-state index contributed by atoms with van der Waals surface area (Å²) in [4.78, 5) is 29.3. The Morgan fingerprint density at radius 3 is 2.46 bits per heavy atom. The number of anilines is 1. The van der Waals surface area contributed by atoms with Crippen LogP contribution in [0.4, 0.5) is 5.69 Å². The first kappa shape index (κ1) is 20.8. The zero-order valence-corrected chi connectivity index (χ0v) is 17.5. The van der Waals surface area contributed by atoms with Crippen LogP contribution in [0.2, 0.25) is 0 Å². The summed E-state index contributed by atoms with van der Waals surface area (Å²) in [7, 11) is 0. The Bertz CT molecular complexity index is 692. The molecule has 28 heavy (non-hydrogen) atoms. The molecule has 0 unspecified atom stereocenters. The van der Waals surface area contributed by atoms with Gasteiger partial charge in [0.15, 0.2) is 0 Å². The summed E-state index contributed by atoms with van der Waals surface area (Å²) in [6.45, 7) is 9.71. The number of nitrogens with zero attached hydrogens (tertiary/aromatic N) is 2. The van der Waals surface area contributed by atoms with Crippen LogP contribution in [0.5, 0.6) is 0 Å². The van der Waals surface area contributed by atoms with Gasteiger partial charge in [0.1, 0.15) is 0 Å². The van der Waals surface area contributed by atoms with Crippen LogP contribution >= 0.6 is 0 Å². The second-order valence-corrected chi connectivity index (χ2v) is 8.27. The quantitative estimate of drug-likeness (QED) is 0.787. The van der Waals surface area contributed by atoms with Crippen molar-refractivity contribution in [2.24, 2.45) is 0 Å². The van der Waals surface area contributed by atoms with Gasteiger partial charge in [-0.25, -0.2) is 0 Å². The summed E-state index contributed by atoms with van der Waals surface area (Å²) >= 11 is 0. The van der Waals surface area contributed by atoms with Crippen LogP contribution in [-0.4, -0.2) is 66.4 Å². The van der Waals surface area contributed by atoms with Crippen molar-refractivity contribution in [2.45, 2.75) is 58.5 Å². The number of piperazine rings is 1. The lowest BCUT2D eigenvalue weighted by molar-refractivity contribution is -0.127.